The van der Waals surface area contributed by atoms with Gasteiger partial charge in [-0.25, -0.2) is 4.98 Å². The highest BCUT2D eigenvalue weighted by Gasteiger charge is 2.13. The maximum absolute atomic E-state index is 5.57. The van der Waals surface area contributed by atoms with E-state index < -0.39 is 0 Å². The van der Waals surface area contributed by atoms with Gasteiger partial charge in [0.15, 0.2) is 0 Å². The monoisotopic (exact) mass is 316 g/mol. The van der Waals surface area contributed by atoms with Crippen molar-refractivity contribution in [3.8, 4) is 0 Å². The van der Waals surface area contributed by atoms with Gasteiger partial charge in [-0.15, -0.1) is 11.3 Å². The first-order chi connectivity index (χ1) is 10.7. The lowest BCUT2D eigenvalue weighted by Crippen LogP contribution is -2.44. The van der Waals surface area contributed by atoms with E-state index in [9.17, 15) is 0 Å². The summed E-state index contributed by atoms with van der Waals surface area (Å²) in [5.74, 6) is 0.514. The molecule has 1 saturated heterocycles. The Kier molecular flexibility index (Phi) is 4.55. The van der Waals surface area contributed by atoms with Crippen molar-refractivity contribution in [2.75, 3.05) is 49.3 Å². The second-order valence-electron chi connectivity index (χ2n) is 5.33. The van der Waals surface area contributed by atoms with E-state index in [0.717, 1.165) is 31.7 Å². The molecule has 2 heterocycles. The van der Waals surface area contributed by atoms with E-state index in [0.29, 0.717) is 10.9 Å². The second-order valence-corrected chi connectivity index (χ2v) is 6.19. The van der Waals surface area contributed by atoms with E-state index >= 15 is 0 Å². The number of hydrogen-bond donors (Lipinski definition) is 2. The number of likely N-dealkylation sites (N-methyl/N-ethyl adjacent to an activating group) is 1. The molecule has 22 heavy (non-hydrogen) atoms. The smallest absolute Gasteiger partial charge is 0.205 e. The number of benzene rings is 1. The van der Waals surface area contributed by atoms with E-state index in [1.807, 2.05) is 6.07 Å². The van der Waals surface area contributed by atoms with Crippen LogP contribution in [0.3, 0.4) is 0 Å². The highest BCUT2D eigenvalue weighted by molar-refractivity contribution is 7.14. The SMILES string of the molecule is CN1CCN(c2cccc(C=NNc3nc(N)cs3)c2)CC1. The Morgan fingerprint density at radius 2 is 2.14 bits per heavy atom. The lowest BCUT2D eigenvalue weighted by molar-refractivity contribution is 0.313. The topological polar surface area (TPSA) is 69.8 Å². The van der Waals surface area contributed by atoms with Gasteiger partial charge in [-0.3, -0.25) is 5.43 Å². The number of nitrogens with zero attached hydrogens (tertiary/aromatic N) is 4. The Balaban J connectivity index is 1.63. The molecule has 2 aromatic rings. The zero-order valence-electron chi connectivity index (χ0n) is 12.6. The fraction of sp³-hybridized carbons (Fsp3) is 0.333. The predicted octanol–water partition coefficient (Wildman–Crippen LogP) is 1.92. The van der Waals surface area contributed by atoms with Crippen molar-refractivity contribution in [3.05, 3.63) is 35.2 Å². The molecular weight excluding hydrogens is 296 g/mol. The fourth-order valence-electron chi connectivity index (χ4n) is 2.37. The van der Waals surface area contributed by atoms with Crippen LogP contribution in [0.5, 0.6) is 0 Å². The van der Waals surface area contributed by atoms with Crippen molar-refractivity contribution in [3.63, 3.8) is 0 Å². The first-order valence-corrected chi connectivity index (χ1v) is 8.12. The normalized spacial score (nSPS) is 16.3. The summed E-state index contributed by atoms with van der Waals surface area (Å²) in [5.41, 5.74) is 10.8. The summed E-state index contributed by atoms with van der Waals surface area (Å²) >= 11 is 1.44. The molecule has 3 rings (SSSR count). The molecule has 0 spiro atoms. The number of nitrogens with two attached hydrogens (primary N) is 1. The number of rotatable bonds is 4. The van der Waals surface area contributed by atoms with Crippen molar-refractivity contribution in [2.24, 2.45) is 5.10 Å². The molecule has 1 aliphatic rings. The lowest BCUT2D eigenvalue weighted by Gasteiger charge is -2.34. The van der Waals surface area contributed by atoms with E-state index in [1.54, 1.807) is 11.6 Å². The number of hydrazone groups is 1. The molecular formula is C15H20N6S. The van der Waals surface area contributed by atoms with Gasteiger partial charge in [0.1, 0.15) is 5.82 Å². The largest absolute Gasteiger partial charge is 0.383 e. The van der Waals surface area contributed by atoms with Crippen LogP contribution in [0.25, 0.3) is 0 Å². The molecule has 0 bridgehead atoms. The van der Waals surface area contributed by atoms with Gasteiger partial charge in [0.2, 0.25) is 5.13 Å². The molecule has 0 amide bonds. The molecule has 0 atom stereocenters. The maximum Gasteiger partial charge on any atom is 0.205 e. The molecule has 0 saturated carbocycles. The molecule has 0 radical (unpaired) electrons. The average Bonchev–Trinajstić information content (AvgIpc) is 2.94. The molecule has 1 aliphatic heterocycles. The van der Waals surface area contributed by atoms with Crippen LogP contribution >= 0.6 is 11.3 Å². The fourth-order valence-corrected chi connectivity index (χ4v) is 2.91. The Labute approximate surface area is 134 Å². The number of anilines is 3. The molecule has 3 N–H and O–H groups in total. The molecule has 0 aliphatic carbocycles. The molecule has 0 unspecified atom stereocenters. The van der Waals surface area contributed by atoms with Crippen LogP contribution in [0.2, 0.25) is 0 Å². The number of thiazole rings is 1. The van der Waals surface area contributed by atoms with Crippen LogP contribution in [-0.4, -0.2) is 49.3 Å². The predicted molar refractivity (Wildman–Crippen MR) is 93.9 cm³/mol. The van der Waals surface area contributed by atoms with Crippen molar-refractivity contribution in [1.29, 1.82) is 0 Å². The van der Waals surface area contributed by atoms with Crippen LogP contribution in [0.1, 0.15) is 5.56 Å². The summed E-state index contributed by atoms with van der Waals surface area (Å²) in [5, 5.41) is 6.70. The molecule has 6 nitrogen and oxygen atoms in total. The molecule has 1 aromatic carbocycles. The van der Waals surface area contributed by atoms with Gasteiger partial charge < -0.3 is 15.5 Å². The van der Waals surface area contributed by atoms with Gasteiger partial charge >= 0.3 is 0 Å². The first kappa shape index (κ1) is 14.8. The molecule has 7 heteroatoms. The summed E-state index contributed by atoms with van der Waals surface area (Å²) < 4.78 is 0. The number of aromatic nitrogens is 1. The third kappa shape index (κ3) is 3.75. The quantitative estimate of drug-likeness (QED) is 0.666. The third-order valence-electron chi connectivity index (χ3n) is 3.63. The third-order valence-corrected chi connectivity index (χ3v) is 4.40. The van der Waals surface area contributed by atoms with Gasteiger partial charge in [0, 0.05) is 37.2 Å². The van der Waals surface area contributed by atoms with Crippen LogP contribution in [-0.2, 0) is 0 Å². The van der Waals surface area contributed by atoms with Crippen molar-refractivity contribution >= 4 is 34.2 Å². The summed E-state index contributed by atoms with van der Waals surface area (Å²) in [6.07, 6.45) is 1.80. The minimum Gasteiger partial charge on any atom is -0.383 e. The number of nitrogen functional groups attached to an aromatic ring is 1. The van der Waals surface area contributed by atoms with Gasteiger partial charge in [0.05, 0.1) is 6.21 Å². The van der Waals surface area contributed by atoms with E-state index in [-0.39, 0.29) is 0 Å². The number of hydrogen-bond acceptors (Lipinski definition) is 7. The second kappa shape index (κ2) is 6.76. The lowest BCUT2D eigenvalue weighted by atomic mass is 10.2. The standard InChI is InChI=1S/C15H20N6S/c1-20-5-7-21(8-6-20)13-4-2-3-12(9-13)10-17-19-15-18-14(16)11-22-15/h2-4,9-11H,5-8,16H2,1H3,(H,18,19). The van der Waals surface area contributed by atoms with Crippen LogP contribution in [0.15, 0.2) is 34.7 Å². The Morgan fingerprint density at radius 1 is 1.32 bits per heavy atom. The first-order valence-electron chi connectivity index (χ1n) is 7.24. The number of piperazine rings is 1. The van der Waals surface area contributed by atoms with Gasteiger partial charge in [-0.1, -0.05) is 12.1 Å². The van der Waals surface area contributed by atoms with Crippen LogP contribution in [0.4, 0.5) is 16.6 Å². The van der Waals surface area contributed by atoms with Crippen molar-refractivity contribution in [2.45, 2.75) is 0 Å². The Morgan fingerprint density at radius 3 is 2.86 bits per heavy atom. The summed E-state index contributed by atoms with van der Waals surface area (Å²) in [7, 11) is 2.16. The van der Waals surface area contributed by atoms with E-state index in [1.165, 1.54) is 17.0 Å². The molecule has 1 aromatic heterocycles. The minimum atomic E-state index is 0.514. The van der Waals surface area contributed by atoms with Gasteiger partial charge in [0.25, 0.3) is 0 Å². The van der Waals surface area contributed by atoms with E-state index in [4.69, 9.17) is 5.73 Å². The van der Waals surface area contributed by atoms with E-state index in [2.05, 4.69) is 50.6 Å². The van der Waals surface area contributed by atoms with Crippen molar-refractivity contribution < 1.29 is 0 Å². The Hall–Kier alpha value is -2.12. The summed E-state index contributed by atoms with van der Waals surface area (Å²) in [4.78, 5) is 8.86. The highest BCUT2D eigenvalue weighted by atomic mass is 32.1. The van der Waals surface area contributed by atoms with Gasteiger partial charge in [-0.05, 0) is 24.7 Å². The maximum atomic E-state index is 5.57. The molecule has 1 fully saturated rings. The zero-order chi connectivity index (χ0) is 15.4. The highest BCUT2D eigenvalue weighted by Crippen LogP contribution is 2.18. The summed E-state index contributed by atoms with van der Waals surface area (Å²) in [6.45, 7) is 4.33. The zero-order valence-corrected chi connectivity index (χ0v) is 13.4. The minimum absolute atomic E-state index is 0.514. The van der Waals surface area contributed by atoms with Gasteiger partial charge in [-0.2, -0.15) is 5.10 Å². The number of nitrogens with one attached hydrogen (secondary N) is 1. The Bertz CT molecular complexity index is 645. The summed E-state index contributed by atoms with van der Waals surface area (Å²) in [6, 6.07) is 8.42. The molecule has 116 valence electrons. The van der Waals surface area contributed by atoms with Crippen LogP contribution in [0, 0.1) is 0 Å². The van der Waals surface area contributed by atoms with Crippen molar-refractivity contribution in [1.82, 2.24) is 9.88 Å². The average molecular weight is 316 g/mol. The van der Waals surface area contributed by atoms with Crippen LogP contribution < -0.4 is 16.1 Å².